The molecule has 0 heterocycles. The summed E-state index contributed by atoms with van der Waals surface area (Å²) in [6, 6.07) is 9.79. The maximum Gasteiger partial charge on any atom is 0.573 e. The van der Waals surface area contributed by atoms with Crippen LogP contribution >= 0.6 is 0 Å². The number of ether oxygens (including phenoxy) is 2. The first kappa shape index (κ1) is 28.8. The minimum atomic E-state index is -5.53. The molecule has 0 saturated heterocycles. The Morgan fingerprint density at radius 3 is 1.50 bits per heavy atom. The van der Waals surface area contributed by atoms with Gasteiger partial charge in [0, 0.05) is 5.56 Å². The molecule has 0 aliphatic carbocycles. The fraction of sp³-hybridized carbons (Fsp3) is 0.143. The van der Waals surface area contributed by atoms with Crippen LogP contribution in [0, 0.1) is 42.9 Å². The van der Waals surface area contributed by atoms with Crippen LogP contribution in [0.15, 0.2) is 60.7 Å². The molecule has 210 valence electrons. The van der Waals surface area contributed by atoms with Crippen molar-refractivity contribution in [2.24, 2.45) is 0 Å². The van der Waals surface area contributed by atoms with Gasteiger partial charge in [-0.2, -0.15) is 8.78 Å². The van der Waals surface area contributed by atoms with E-state index in [2.05, 4.69) is 9.47 Å². The third-order valence-electron chi connectivity index (χ3n) is 5.90. The van der Waals surface area contributed by atoms with Crippen LogP contribution < -0.4 is 9.47 Å². The molecule has 2 nitrogen and oxygen atoms in total. The summed E-state index contributed by atoms with van der Waals surface area (Å²) in [4.78, 5) is 0. The van der Waals surface area contributed by atoms with Crippen LogP contribution in [-0.2, 0) is 6.11 Å². The van der Waals surface area contributed by atoms with Crippen molar-refractivity contribution in [1.29, 1.82) is 0 Å². The highest BCUT2D eigenvalue weighted by atomic mass is 19.4. The average Bonchev–Trinajstić information content (AvgIpc) is 2.84. The molecule has 4 aromatic carbocycles. The molecule has 4 aromatic rings. The standard InChI is InChI=1S/C28H16F10O2/c1-13-3-4-15(7-14(13)2)16-5-6-19(20(29)8-16)17-9-21(30)25(22(31)10-17)39-27(34,35)18-11-23(32)26(24(33)12-18)40-28(36,37)38/h3-12H,1-2H3. The second kappa shape index (κ2) is 10.4. The van der Waals surface area contributed by atoms with Gasteiger partial charge in [0.15, 0.2) is 29.0 Å². The van der Waals surface area contributed by atoms with E-state index in [0.29, 0.717) is 23.3 Å². The molecule has 0 aliphatic rings. The van der Waals surface area contributed by atoms with Gasteiger partial charge in [-0.15, -0.1) is 13.2 Å². The van der Waals surface area contributed by atoms with Crippen molar-refractivity contribution in [1.82, 2.24) is 0 Å². The molecule has 0 aromatic heterocycles. The minimum absolute atomic E-state index is 0.249. The maximum absolute atomic E-state index is 14.9. The van der Waals surface area contributed by atoms with Crippen LogP contribution in [0.2, 0.25) is 0 Å². The van der Waals surface area contributed by atoms with Gasteiger partial charge in [0.2, 0.25) is 5.75 Å². The van der Waals surface area contributed by atoms with Crippen molar-refractivity contribution in [3.63, 3.8) is 0 Å². The van der Waals surface area contributed by atoms with Gasteiger partial charge < -0.3 is 9.47 Å². The topological polar surface area (TPSA) is 18.5 Å². The van der Waals surface area contributed by atoms with Gasteiger partial charge in [-0.1, -0.05) is 30.3 Å². The van der Waals surface area contributed by atoms with Gasteiger partial charge in [0.25, 0.3) is 0 Å². The van der Waals surface area contributed by atoms with E-state index in [1.165, 1.54) is 12.1 Å². The molecule has 0 N–H and O–H groups in total. The largest absolute Gasteiger partial charge is 0.573 e. The number of aryl methyl sites for hydroxylation is 2. The lowest BCUT2D eigenvalue weighted by atomic mass is 9.97. The summed E-state index contributed by atoms with van der Waals surface area (Å²) in [6.45, 7) is 3.77. The van der Waals surface area contributed by atoms with E-state index in [1.807, 2.05) is 26.0 Å². The summed E-state index contributed by atoms with van der Waals surface area (Å²) in [5.41, 5.74) is 0.775. The number of benzene rings is 4. The van der Waals surface area contributed by atoms with Crippen molar-refractivity contribution in [2.45, 2.75) is 26.3 Å². The predicted octanol–water partition coefficient (Wildman–Crippen LogP) is 9.36. The second-order valence-corrected chi connectivity index (χ2v) is 8.70. The first-order valence-corrected chi connectivity index (χ1v) is 11.2. The summed E-state index contributed by atoms with van der Waals surface area (Å²) in [5.74, 6) is -12.4. The third-order valence-corrected chi connectivity index (χ3v) is 5.90. The Labute approximate surface area is 220 Å². The summed E-state index contributed by atoms with van der Waals surface area (Å²) in [7, 11) is 0. The Morgan fingerprint density at radius 1 is 0.500 bits per heavy atom. The monoisotopic (exact) mass is 574 g/mol. The van der Waals surface area contributed by atoms with Crippen LogP contribution in [-0.4, -0.2) is 6.36 Å². The Hall–Kier alpha value is -4.22. The van der Waals surface area contributed by atoms with E-state index in [-0.39, 0.29) is 23.3 Å². The van der Waals surface area contributed by atoms with Gasteiger partial charge in [-0.25, -0.2) is 22.0 Å². The van der Waals surface area contributed by atoms with Gasteiger partial charge in [0.1, 0.15) is 5.82 Å². The molecule has 0 radical (unpaired) electrons. The highest BCUT2D eigenvalue weighted by molar-refractivity contribution is 5.72. The highest BCUT2D eigenvalue weighted by Gasteiger charge is 2.40. The smallest absolute Gasteiger partial charge is 0.423 e. The average molecular weight is 574 g/mol. The SMILES string of the molecule is Cc1ccc(-c2ccc(-c3cc(F)c(OC(F)(F)c4cc(F)c(OC(F)(F)F)c(F)c4)c(F)c3)c(F)c2)cc1C. The molecule has 0 spiro atoms. The lowest BCUT2D eigenvalue weighted by Gasteiger charge is -2.20. The van der Waals surface area contributed by atoms with Crippen molar-refractivity contribution >= 4 is 0 Å². The lowest BCUT2D eigenvalue weighted by molar-refractivity contribution is -0.276. The van der Waals surface area contributed by atoms with Crippen LogP contribution in [0.1, 0.15) is 16.7 Å². The van der Waals surface area contributed by atoms with Crippen LogP contribution in [0.25, 0.3) is 22.3 Å². The molecule has 0 atom stereocenters. The molecule has 12 heteroatoms. The number of halogens is 10. The highest BCUT2D eigenvalue weighted by Crippen LogP contribution is 2.40. The first-order chi connectivity index (χ1) is 18.6. The lowest BCUT2D eigenvalue weighted by Crippen LogP contribution is -2.24. The summed E-state index contributed by atoms with van der Waals surface area (Å²) >= 11 is 0. The predicted molar refractivity (Wildman–Crippen MR) is 124 cm³/mol. The molecule has 0 aliphatic heterocycles. The van der Waals surface area contributed by atoms with Crippen LogP contribution in [0.3, 0.4) is 0 Å². The third kappa shape index (κ3) is 6.00. The van der Waals surface area contributed by atoms with E-state index in [0.717, 1.165) is 17.2 Å². The zero-order chi connectivity index (χ0) is 29.6. The molecule has 0 saturated carbocycles. The number of hydrogen-bond donors (Lipinski definition) is 0. The van der Waals surface area contributed by atoms with E-state index >= 15 is 0 Å². The fourth-order valence-corrected chi connectivity index (χ4v) is 3.79. The normalized spacial score (nSPS) is 12.0. The fourth-order valence-electron chi connectivity index (χ4n) is 3.79. The second-order valence-electron chi connectivity index (χ2n) is 8.70. The van der Waals surface area contributed by atoms with Gasteiger partial charge in [-0.3, -0.25) is 0 Å². The Bertz CT molecular complexity index is 1550. The van der Waals surface area contributed by atoms with Crippen LogP contribution in [0.5, 0.6) is 11.5 Å². The minimum Gasteiger partial charge on any atom is -0.423 e. The molecule has 4 rings (SSSR count). The number of rotatable bonds is 6. The van der Waals surface area contributed by atoms with E-state index in [4.69, 9.17) is 0 Å². The zero-order valence-electron chi connectivity index (χ0n) is 20.4. The molecular weight excluding hydrogens is 558 g/mol. The summed E-state index contributed by atoms with van der Waals surface area (Å²) in [6.07, 6.45) is -10.4. The van der Waals surface area contributed by atoms with E-state index < -0.39 is 58.6 Å². The number of hydrogen-bond acceptors (Lipinski definition) is 2. The molecule has 0 fully saturated rings. The van der Waals surface area contributed by atoms with Gasteiger partial charge in [-0.05, 0) is 72.0 Å². The van der Waals surface area contributed by atoms with E-state index in [1.54, 1.807) is 6.07 Å². The molecular formula is C28H16F10O2. The molecule has 40 heavy (non-hydrogen) atoms. The summed E-state index contributed by atoms with van der Waals surface area (Å²) < 4.78 is 145. The molecule has 0 amide bonds. The maximum atomic E-state index is 14.9. The van der Waals surface area contributed by atoms with Gasteiger partial charge >= 0.3 is 12.5 Å². The van der Waals surface area contributed by atoms with Crippen molar-refractivity contribution < 1.29 is 53.4 Å². The summed E-state index contributed by atoms with van der Waals surface area (Å²) in [5, 5.41) is 0. The number of alkyl halides is 5. The molecule has 0 bridgehead atoms. The Morgan fingerprint density at radius 2 is 0.975 bits per heavy atom. The van der Waals surface area contributed by atoms with Crippen molar-refractivity contribution in [3.05, 3.63) is 106 Å². The van der Waals surface area contributed by atoms with E-state index in [9.17, 15) is 43.9 Å². The zero-order valence-corrected chi connectivity index (χ0v) is 20.4. The Balaban J connectivity index is 1.63. The molecule has 0 unspecified atom stereocenters. The Kier molecular flexibility index (Phi) is 7.48. The van der Waals surface area contributed by atoms with Crippen molar-refractivity contribution in [2.75, 3.05) is 0 Å². The van der Waals surface area contributed by atoms with Gasteiger partial charge in [0.05, 0.1) is 5.56 Å². The van der Waals surface area contributed by atoms with Crippen molar-refractivity contribution in [3.8, 4) is 33.8 Å². The van der Waals surface area contributed by atoms with Crippen LogP contribution in [0.4, 0.5) is 43.9 Å². The quantitative estimate of drug-likeness (QED) is 0.214. The first-order valence-electron chi connectivity index (χ1n) is 11.2.